The lowest BCUT2D eigenvalue weighted by molar-refractivity contribution is -0.192. The van der Waals surface area contributed by atoms with Gasteiger partial charge in [-0.05, 0) is 32.4 Å². The van der Waals surface area contributed by atoms with Gasteiger partial charge in [-0.1, -0.05) is 0 Å². The summed E-state index contributed by atoms with van der Waals surface area (Å²) in [6, 6.07) is 1.93. The van der Waals surface area contributed by atoms with Gasteiger partial charge in [-0.25, -0.2) is 17.5 Å². The molecule has 0 radical (unpaired) electrons. The molecule has 1 N–H and O–H groups in total. The van der Waals surface area contributed by atoms with Crippen molar-refractivity contribution >= 4 is 22.0 Å². The number of esters is 1. The molecule has 1 aromatic rings. The van der Waals surface area contributed by atoms with Gasteiger partial charge < -0.3 is 14.3 Å². The van der Waals surface area contributed by atoms with Gasteiger partial charge in [-0.15, -0.1) is 0 Å². The third-order valence-corrected chi connectivity index (χ3v) is 6.84. The number of halogens is 3. The predicted octanol–water partition coefficient (Wildman–Crippen LogP) is 1.95. The zero-order valence-electron chi connectivity index (χ0n) is 17.8. The molecule has 0 saturated carbocycles. The molecule has 0 aromatic carbocycles. The fraction of sp³-hybridized carbons (Fsp3) is 0.684. The van der Waals surface area contributed by atoms with Crippen LogP contribution in [-0.2, 0) is 30.9 Å². The van der Waals surface area contributed by atoms with E-state index in [-0.39, 0.29) is 18.4 Å². The maximum atomic E-state index is 12.8. The first kappa shape index (κ1) is 26.1. The average molecular weight is 484 g/mol. The second kappa shape index (κ2) is 10.2. The smallest absolute Gasteiger partial charge is 0.475 e. The quantitative estimate of drug-likeness (QED) is 0.631. The van der Waals surface area contributed by atoms with Gasteiger partial charge >= 0.3 is 18.1 Å². The molecule has 9 nitrogen and oxygen atoms in total. The van der Waals surface area contributed by atoms with Crippen LogP contribution in [0, 0.1) is 11.3 Å². The normalized spacial score (nSPS) is 24.7. The maximum absolute atomic E-state index is 12.8. The number of carbonyl (C=O) groups excluding carboxylic acids is 1. The van der Waals surface area contributed by atoms with Crippen LogP contribution in [0.5, 0.6) is 0 Å². The highest BCUT2D eigenvalue weighted by Gasteiger charge is 2.55. The van der Waals surface area contributed by atoms with Crippen LogP contribution in [0.1, 0.15) is 25.3 Å². The Balaban J connectivity index is 0.000000451. The van der Waals surface area contributed by atoms with Crippen molar-refractivity contribution in [2.75, 3.05) is 39.0 Å². The van der Waals surface area contributed by atoms with Gasteiger partial charge in [0, 0.05) is 37.7 Å². The van der Waals surface area contributed by atoms with Gasteiger partial charge in [-0.2, -0.15) is 13.2 Å². The lowest BCUT2D eigenvalue weighted by Crippen LogP contribution is -2.42. The summed E-state index contributed by atoms with van der Waals surface area (Å²) in [4.78, 5) is 23.9. The van der Waals surface area contributed by atoms with Gasteiger partial charge in [0.2, 0.25) is 10.0 Å². The van der Waals surface area contributed by atoms with Crippen molar-refractivity contribution in [3.8, 4) is 0 Å². The Labute approximate surface area is 184 Å². The van der Waals surface area contributed by atoms with E-state index in [9.17, 15) is 26.4 Å². The number of hydrogen-bond donors (Lipinski definition) is 1. The number of ether oxygens (including phenoxy) is 1. The number of carbonyl (C=O) groups is 2. The number of sulfonamides is 1. The molecule has 0 amide bonds. The minimum atomic E-state index is -5.08. The second-order valence-electron chi connectivity index (χ2n) is 7.90. The average Bonchev–Trinajstić information content (AvgIpc) is 3.27. The van der Waals surface area contributed by atoms with Crippen molar-refractivity contribution in [1.82, 2.24) is 9.21 Å². The van der Waals surface area contributed by atoms with E-state index >= 15 is 0 Å². The Kier molecular flexibility index (Phi) is 8.34. The molecule has 2 saturated heterocycles. The van der Waals surface area contributed by atoms with Gasteiger partial charge in [0.05, 0.1) is 30.8 Å². The minimum Gasteiger partial charge on any atom is -0.475 e. The molecule has 2 fully saturated rings. The Morgan fingerprint density at radius 3 is 2.50 bits per heavy atom. The van der Waals surface area contributed by atoms with E-state index in [4.69, 9.17) is 19.1 Å². The van der Waals surface area contributed by atoms with Crippen LogP contribution in [0.25, 0.3) is 0 Å². The summed E-state index contributed by atoms with van der Waals surface area (Å²) in [6.07, 6.45) is 0.993. The van der Waals surface area contributed by atoms with Crippen molar-refractivity contribution in [3.05, 3.63) is 24.2 Å². The summed E-state index contributed by atoms with van der Waals surface area (Å²) in [5.41, 5.74) is 0.353. The highest BCUT2D eigenvalue weighted by atomic mass is 32.2. The summed E-state index contributed by atoms with van der Waals surface area (Å²) >= 11 is 0. The molecule has 13 heteroatoms. The SMILES string of the molecule is CCOC(=O)[C@]12CCCN(Cc3ccoc3)C[C@H]1CN(S(C)(=O)=O)C2.O=C(O)C(F)(F)F. The lowest BCUT2D eigenvalue weighted by atomic mass is 9.75. The number of furan rings is 1. The second-order valence-corrected chi connectivity index (χ2v) is 9.88. The summed E-state index contributed by atoms with van der Waals surface area (Å²) < 4.78 is 67.8. The number of aliphatic carboxylic acids is 1. The molecule has 0 spiro atoms. The fourth-order valence-electron chi connectivity index (χ4n) is 4.11. The van der Waals surface area contributed by atoms with Crippen LogP contribution in [0.15, 0.2) is 23.0 Å². The molecule has 2 atom stereocenters. The summed E-state index contributed by atoms with van der Waals surface area (Å²) in [7, 11) is -3.33. The van der Waals surface area contributed by atoms with E-state index in [0.717, 1.165) is 25.1 Å². The molecular weight excluding hydrogens is 457 g/mol. The van der Waals surface area contributed by atoms with Crippen molar-refractivity contribution in [1.29, 1.82) is 0 Å². The zero-order valence-corrected chi connectivity index (χ0v) is 18.6. The van der Waals surface area contributed by atoms with Crippen molar-refractivity contribution in [3.63, 3.8) is 0 Å². The molecule has 0 aliphatic carbocycles. The van der Waals surface area contributed by atoms with Gasteiger partial charge in [0.15, 0.2) is 0 Å². The monoisotopic (exact) mass is 484 g/mol. The molecule has 1 aromatic heterocycles. The number of hydrogen-bond acceptors (Lipinski definition) is 7. The highest BCUT2D eigenvalue weighted by Crippen LogP contribution is 2.44. The Hall–Kier alpha value is -2.12. The van der Waals surface area contributed by atoms with Gasteiger partial charge in [-0.3, -0.25) is 9.69 Å². The van der Waals surface area contributed by atoms with Crippen LogP contribution in [0.2, 0.25) is 0 Å². The molecule has 2 aliphatic rings. The van der Waals surface area contributed by atoms with Crippen LogP contribution >= 0.6 is 0 Å². The number of alkyl halides is 3. The van der Waals surface area contributed by atoms with E-state index < -0.39 is 27.6 Å². The number of likely N-dealkylation sites (tertiary alicyclic amines) is 1. The Bertz CT molecular complexity index is 889. The van der Waals surface area contributed by atoms with Crippen LogP contribution < -0.4 is 0 Å². The molecule has 32 heavy (non-hydrogen) atoms. The number of carboxylic acid groups (broad SMARTS) is 1. The molecular formula is C19H27F3N2O7S. The largest absolute Gasteiger partial charge is 0.490 e. The van der Waals surface area contributed by atoms with Crippen LogP contribution in [0.4, 0.5) is 13.2 Å². The summed E-state index contributed by atoms with van der Waals surface area (Å²) in [6.45, 7) is 5.00. The van der Waals surface area contributed by atoms with E-state index in [1.807, 2.05) is 6.07 Å². The fourth-order valence-corrected chi connectivity index (χ4v) is 5.03. The molecule has 3 rings (SSSR count). The predicted molar refractivity (Wildman–Crippen MR) is 106 cm³/mol. The maximum Gasteiger partial charge on any atom is 0.490 e. The van der Waals surface area contributed by atoms with E-state index in [1.54, 1.807) is 19.5 Å². The van der Waals surface area contributed by atoms with Crippen LogP contribution in [0.3, 0.4) is 0 Å². The van der Waals surface area contributed by atoms with E-state index in [1.165, 1.54) is 10.6 Å². The Morgan fingerprint density at radius 2 is 2.00 bits per heavy atom. The topological polar surface area (TPSA) is 117 Å². The number of carboxylic acids is 1. The highest BCUT2D eigenvalue weighted by molar-refractivity contribution is 7.88. The number of fused-ring (bicyclic) bond motifs is 1. The minimum absolute atomic E-state index is 0.0596. The number of nitrogens with zero attached hydrogens (tertiary/aromatic N) is 2. The summed E-state index contributed by atoms with van der Waals surface area (Å²) in [5.74, 6) is -3.07. The van der Waals surface area contributed by atoms with E-state index in [0.29, 0.717) is 26.1 Å². The van der Waals surface area contributed by atoms with Crippen LogP contribution in [-0.4, -0.2) is 79.9 Å². The zero-order chi connectivity index (χ0) is 24.2. The Morgan fingerprint density at radius 1 is 1.34 bits per heavy atom. The van der Waals surface area contributed by atoms with Crippen molar-refractivity contribution in [2.24, 2.45) is 11.3 Å². The lowest BCUT2D eigenvalue weighted by Gasteiger charge is -2.31. The third kappa shape index (κ3) is 6.45. The summed E-state index contributed by atoms with van der Waals surface area (Å²) in [5, 5.41) is 7.12. The number of rotatable bonds is 5. The molecule has 3 heterocycles. The first-order chi connectivity index (χ1) is 14.8. The molecule has 2 aliphatic heterocycles. The molecule has 182 valence electrons. The first-order valence-corrected chi connectivity index (χ1v) is 11.8. The third-order valence-electron chi connectivity index (χ3n) is 5.62. The standard InChI is InChI=1S/C17H26N2O5S.C2HF3O2/c1-3-24-16(20)17-6-4-7-18(9-14-5-8-23-12-14)10-15(17)11-19(13-17)25(2,21)22;3-2(4,5)1(6)7/h5,8,12,15H,3-4,6-7,9-11,13H2,1-2H3;(H,6,7)/t15-,17-;/m0./s1. The molecule has 0 unspecified atom stereocenters. The van der Waals surface area contributed by atoms with Gasteiger partial charge in [0.25, 0.3) is 0 Å². The van der Waals surface area contributed by atoms with Crippen molar-refractivity contribution < 1.29 is 45.4 Å². The van der Waals surface area contributed by atoms with Gasteiger partial charge in [0.1, 0.15) is 0 Å². The van der Waals surface area contributed by atoms with E-state index in [2.05, 4.69) is 4.90 Å². The first-order valence-electron chi connectivity index (χ1n) is 9.95. The van der Waals surface area contributed by atoms with Crippen molar-refractivity contribution in [2.45, 2.75) is 32.5 Å². The molecule has 0 bridgehead atoms.